The molecule has 1 amide bonds. The second-order valence-corrected chi connectivity index (χ2v) is 5.74. The lowest BCUT2D eigenvalue weighted by atomic mass is 10.2. The fourth-order valence-electron chi connectivity index (χ4n) is 2.39. The number of hydrogen-bond acceptors (Lipinski definition) is 4. The van der Waals surface area contributed by atoms with Crippen LogP contribution in [0.4, 0.5) is 0 Å². The summed E-state index contributed by atoms with van der Waals surface area (Å²) in [6.07, 6.45) is 8.17. The highest BCUT2D eigenvalue weighted by Gasteiger charge is 2.18. The number of nitrogens with one attached hydrogen (secondary N) is 1. The Morgan fingerprint density at radius 2 is 2.05 bits per heavy atom. The fraction of sp³-hybridized carbons (Fsp3) is 0.765. The van der Waals surface area contributed by atoms with Crippen LogP contribution in [0, 0.1) is 11.3 Å². The second-order valence-electron chi connectivity index (χ2n) is 5.74. The van der Waals surface area contributed by atoms with Crippen LogP contribution in [0.25, 0.3) is 0 Å². The van der Waals surface area contributed by atoms with Gasteiger partial charge in [-0.15, -0.1) is 0 Å². The molecule has 0 bridgehead atoms. The van der Waals surface area contributed by atoms with Crippen molar-refractivity contribution in [3.63, 3.8) is 0 Å². The Labute approximate surface area is 134 Å². The summed E-state index contributed by atoms with van der Waals surface area (Å²) in [5.41, 5.74) is 0.185. The summed E-state index contributed by atoms with van der Waals surface area (Å²) < 4.78 is 5.48. The second kappa shape index (κ2) is 11.1. The maximum absolute atomic E-state index is 12.1. The lowest BCUT2D eigenvalue weighted by Crippen LogP contribution is -2.33. The van der Waals surface area contributed by atoms with E-state index in [4.69, 9.17) is 4.74 Å². The van der Waals surface area contributed by atoms with E-state index < -0.39 is 0 Å². The largest absolute Gasteiger partial charge is 0.376 e. The molecule has 1 heterocycles. The van der Waals surface area contributed by atoms with Gasteiger partial charge in [-0.25, -0.2) is 0 Å². The fourth-order valence-corrected chi connectivity index (χ4v) is 2.39. The Balaban J connectivity index is 2.55. The molecule has 0 saturated carbocycles. The zero-order valence-electron chi connectivity index (χ0n) is 13.9. The number of nitrogens with zero attached hydrogens (tertiary/aromatic N) is 2. The van der Waals surface area contributed by atoms with E-state index in [-0.39, 0.29) is 17.6 Å². The predicted molar refractivity (Wildman–Crippen MR) is 87.1 cm³/mol. The minimum absolute atomic E-state index is 0.0974. The first kappa shape index (κ1) is 18.5. The van der Waals surface area contributed by atoms with Crippen molar-refractivity contribution in [2.75, 3.05) is 26.2 Å². The van der Waals surface area contributed by atoms with Gasteiger partial charge >= 0.3 is 0 Å². The molecule has 1 unspecified atom stereocenters. The third-order valence-corrected chi connectivity index (χ3v) is 3.79. The molecule has 0 spiro atoms. The minimum atomic E-state index is -0.295. The van der Waals surface area contributed by atoms with Crippen LogP contribution < -0.4 is 5.32 Å². The van der Waals surface area contributed by atoms with Gasteiger partial charge in [0.25, 0.3) is 5.91 Å². The van der Waals surface area contributed by atoms with Crippen LogP contribution in [0.1, 0.15) is 52.4 Å². The first-order valence-electron chi connectivity index (χ1n) is 8.47. The Kier molecular flexibility index (Phi) is 9.33. The summed E-state index contributed by atoms with van der Waals surface area (Å²) in [5, 5.41) is 12.1. The average Bonchev–Trinajstić information content (AvgIpc) is 3.05. The van der Waals surface area contributed by atoms with Gasteiger partial charge in [0.1, 0.15) is 11.6 Å². The van der Waals surface area contributed by atoms with E-state index in [2.05, 4.69) is 24.1 Å². The smallest absolute Gasteiger partial charge is 0.263 e. The Morgan fingerprint density at radius 3 is 2.55 bits per heavy atom. The number of unbranched alkanes of at least 4 members (excludes halogenated alkanes) is 2. The number of carbonyl (C=O) groups is 1. The van der Waals surface area contributed by atoms with Gasteiger partial charge in [0.2, 0.25) is 0 Å². The molecule has 5 nitrogen and oxygen atoms in total. The van der Waals surface area contributed by atoms with E-state index in [1.54, 1.807) is 6.20 Å². The molecule has 0 aromatic heterocycles. The Bertz CT molecular complexity index is 387. The zero-order chi connectivity index (χ0) is 16.2. The first-order chi connectivity index (χ1) is 10.7. The number of nitriles is 1. The van der Waals surface area contributed by atoms with Gasteiger partial charge in [-0.3, -0.25) is 4.79 Å². The van der Waals surface area contributed by atoms with E-state index in [1.807, 2.05) is 6.07 Å². The molecule has 22 heavy (non-hydrogen) atoms. The molecule has 1 fully saturated rings. The van der Waals surface area contributed by atoms with Crippen molar-refractivity contribution in [3.8, 4) is 6.07 Å². The third kappa shape index (κ3) is 6.95. The maximum atomic E-state index is 12.1. The summed E-state index contributed by atoms with van der Waals surface area (Å²) in [6.45, 7) is 7.31. The molecule has 1 aliphatic rings. The van der Waals surface area contributed by atoms with Crippen LogP contribution in [0.2, 0.25) is 0 Å². The van der Waals surface area contributed by atoms with E-state index >= 15 is 0 Å². The van der Waals surface area contributed by atoms with Crippen LogP contribution >= 0.6 is 0 Å². The predicted octanol–water partition coefficient (Wildman–Crippen LogP) is 2.59. The SMILES string of the molecule is CCCCN(/C=C(/C#N)C(=O)NCC1CCCO1)CCCC. The highest BCUT2D eigenvalue weighted by atomic mass is 16.5. The number of rotatable bonds is 10. The van der Waals surface area contributed by atoms with E-state index in [9.17, 15) is 10.1 Å². The van der Waals surface area contributed by atoms with Crippen molar-refractivity contribution in [1.29, 1.82) is 5.26 Å². The molecule has 0 aliphatic carbocycles. The molecule has 124 valence electrons. The van der Waals surface area contributed by atoms with E-state index in [1.165, 1.54) is 0 Å². The van der Waals surface area contributed by atoms with Crippen LogP contribution in [-0.2, 0) is 9.53 Å². The maximum Gasteiger partial charge on any atom is 0.263 e. The van der Waals surface area contributed by atoms with Gasteiger partial charge < -0.3 is 15.0 Å². The lowest BCUT2D eigenvalue weighted by Gasteiger charge is -2.20. The standard InChI is InChI=1S/C17H29N3O2/c1-3-5-9-20(10-6-4-2)14-15(12-18)17(21)19-13-16-8-7-11-22-16/h14,16H,3-11,13H2,1-2H3,(H,19,21)/b15-14-. The molecule has 0 aromatic rings. The minimum Gasteiger partial charge on any atom is -0.376 e. The lowest BCUT2D eigenvalue weighted by molar-refractivity contribution is -0.117. The summed E-state index contributed by atoms with van der Waals surface area (Å²) in [6, 6.07) is 2.03. The normalized spacial score (nSPS) is 18.0. The highest BCUT2D eigenvalue weighted by Crippen LogP contribution is 2.11. The van der Waals surface area contributed by atoms with Crippen molar-refractivity contribution in [2.24, 2.45) is 0 Å². The van der Waals surface area contributed by atoms with Crippen LogP contribution in [0.15, 0.2) is 11.8 Å². The first-order valence-corrected chi connectivity index (χ1v) is 8.47. The summed E-state index contributed by atoms with van der Waals surface area (Å²) in [7, 11) is 0. The molecule has 5 heteroatoms. The number of hydrogen-bond donors (Lipinski definition) is 1. The molecule has 1 N–H and O–H groups in total. The number of carbonyl (C=O) groups excluding carboxylic acids is 1. The van der Waals surface area contributed by atoms with Gasteiger partial charge in [-0.05, 0) is 25.7 Å². The van der Waals surface area contributed by atoms with Crippen molar-refractivity contribution in [1.82, 2.24) is 10.2 Å². The highest BCUT2D eigenvalue weighted by molar-refractivity contribution is 5.97. The molecular formula is C17H29N3O2. The summed E-state index contributed by atoms with van der Waals surface area (Å²) >= 11 is 0. The van der Waals surface area contributed by atoms with Gasteiger partial charge in [-0.1, -0.05) is 26.7 Å². The molecule has 1 atom stereocenters. The van der Waals surface area contributed by atoms with Crippen molar-refractivity contribution in [3.05, 3.63) is 11.8 Å². The van der Waals surface area contributed by atoms with Crippen LogP contribution in [0.3, 0.4) is 0 Å². The van der Waals surface area contributed by atoms with Crippen molar-refractivity contribution < 1.29 is 9.53 Å². The Morgan fingerprint density at radius 1 is 1.36 bits per heavy atom. The van der Waals surface area contributed by atoms with Crippen molar-refractivity contribution in [2.45, 2.75) is 58.5 Å². The monoisotopic (exact) mass is 307 g/mol. The summed E-state index contributed by atoms with van der Waals surface area (Å²) in [4.78, 5) is 14.2. The van der Waals surface area contributed by atoms with Gasteiger partial charge in [-0.2, -0.15) is 5.26 Å². The third-order valence-electron chi connectivity index (χ3n) is 3.79. The quantitative estimate of drug-likeness (QED) is 0.498. The molecule has 0 aromatic carbocycles. The van der Waals surface area contributed by atoms with E-state index in [0.717, 1.165) is 58.2 Å². The van der Waals surface area contributed by atoms with Gasteiger partial charge in [0.05, 0.1) is 6.10 Å². The molecule has 1 aliphatic heterocycles. The average molecular weight is 307 g/mol. The number of amides is 1. The van der Waals surface area contributed by atoms with E-state index in [0.29, 0.717) is 6.54 Å². The zero-order valence-corrected chi connectivity index (χ0v) is 13.9. The topological polar surface area (TPSA) is 65.4 Å². The van der Waals surface area contributed by atoms with Crippen LogP contribution in [0.5, 0.6) is 0 Å². The van der Waals surface area contributed by atoms with Gasteiger partial charge in [0, 0.05) is 32.4 Å². The molecule has 0 radical (unpaired) electrons. The molecule has 1 saturated heterocycles. The van der Waals surface area contributed by atoms with Crippen molar-refractivity contribution >= 4 is 5.91 Å². The molecule has 1 rings (SSSR count). The number of ether oxygens (including phenoxy) is 1. The molecular weight excluding hydrogens is 278 g/mol. The van der Waals surface area contributed by atoms with Gasteiger partial charge in [0.15, 0.2) is 0 Å². The van der Waals surface area contributed by atoms with Crippen LogP contribution in [-0.4, -0.2) is 43.2 Å². The summed E-state index contributed by atoms with van der Waals surface area (Å²) in [5.74, 6) is -0.295. The Hall–Kier alpha value is -1.54.